The van der Waals surface area contributed by atoms with E-state index >= 15 is 0 Å². The SMILES string of the molecule is COc1cc(OC)c(NC(=O)c2cc3c(s2)-c2cc(C)sc2CC3)cc1Cl. The van der Waals surface area contributed by atoms with Gasteiger partial charge in [0.25, 0.3) is 5.91 Å². The highest BCUT2D eigenvalue weighted by atomic mass is 35.5. The van der Waals surface area contributed by atoms with Crippen LogP contribution in [0.1, 0.15) is 25.0 Å². The number of benzene rings is 1. The Morgan fingerprint density at radius 2 is 1.85 bits per heavy atom. The Kier molecular flexibility index (Phi) is 4.88. The first-order chi connectivity index (χ1) is 13.0. The molecule has 1 aliphatic rings. The van der Waals surface area contributed by atoms with E-state index in [4.69, 9.17) is 21.1 Å². The number of methoxy groups -OCH3 is 2. The van der Waals surface area contributed by atoms with E-state index in [2.05, 4.69) is 18.3 Å². The molecule has 2 heterocycles. The predicted octanol–water partition coefficient (Wildman–Crippen LogP) is 5.81. The highest BCUT2D eigenvalue weighted by Gasteiger charge is 2.24. The maximum atomic E-state index is 12.9. The third-order valence-electron chi connectivity index (χ3n) is 4.55. The number of hydrogen-bond donors (Lipinski definition) is 1. The minimum atomic E-state index is -0.164. The minimum absolute atomic E-state index is 0.164. The number of fused-ring (bicyclic) bond motifs is 3. The maximum Gasteiger partial charge on any atom is 0.265 e. The molecule has 0 atom stereocenters. The molecule has 1 aromatic carbocycles. The monoisotopic (exact) mass is 419 g/mol. The number of amides is 1. The number of nitrogens with one attached hydrogen (secondary N) is 1. The Bertz CT molecular complexity index is 1040. The molecule has 1 aliphatic carbocycles. The van der Waals surface area contributed by atoms with Crippen LogP contribution in [0.2, 0.25) is 5.02 Å². The summed E-state index contributed by atoms with van der Waals surface area (Å²) in [5, 5.41) is 3.33. The van der Waals surface area contributed by atoms with Crippen molar-refractivity contribution in [3.63, 3.8) is 0 Å². The molecule has 3 aromatic rings. The van der Waals surface area contributed by atoms with Crippen LogP contribution in [0.4, 0.5) is 5.69 Å². The Morgan fingerprint density at radius 3 is 2.59 bits per heavy atom. The molecule has 1 amide bonds. The topological polar surface area (TPSA) is 47.6 Å². The van der Waals surface area contributed by atoms with Crippen molar-refractivity contribution in [1.29, 1.82) is 0 Å². The third kappa shape index (κ3) is 3.33. The number of halogens is 1. The number of hydrogen-bond acceptors (Lipinski definition) is 5. The van der Waals surface area contributed by atoms with Gasteiger partial charge in [0.05, 0.1) is 29.8 Å². The second-order valence-corrected chi connectivity index (χ2v) is 9.10. The Hall–Kier alpha value is -2.02. The first kappa shape index (κ1) is 18.3. The number of aryl methyl sites for hydroxylation is 3. The summed E-state index contributed by atoms with van der Waals surface area (Å²) in [5.74, 6) is 0.836. The predicted molar refractivity (Wildman–Crippen MR) is 112 cm³/mol. The van der Waals surface area contributed by atoms with Crippen LogP contribution in [0.15, 0.2) is 24.3 Å². The fourth-order valence-electron chi connectivity index (χ4n) is 3.28. The van der Waals surface area contributed by atoms with Crippen LogP contribution >= 0.6 is 34.3 Å². The summed E-state index contributed by atoms with van der Waals surface area (Å²) in [6.45, 7) is 2.13. The molecular weight excluding hydrogens is 402 g/mol. The lowest BCUT2D eigenvalue weighted by Gasteiger charge is -2.12. The van der Waals surface area contributed by atoms with Crippen molar-refractivity contribution in [3.05, 3.63) is 49.5 Å². The fraction of sp³-hybridized carbons (Fsp3) is 0.250. The van der Waals surface area contributed by atoms with Gasteiger partial charge < -0.3 is 14.8 Å². The van der Waals surface area contributed by atoms with Crippen molar-refractivity contribution in [3.8, 4) is 21.9 Å². The molecule has 0 bridgehead atoms. The molecule has 0 spiro atoms. The molecule has 7 heteroatoms. The summed E-state index contributed by atoms with van der Waals surface area (Å²) < 4.78 is 10.6. The van der Waals surface area contributed by atoms with E-state index in [1.165, 1.54) is 32.9 Å². The molecule has 4 nitrogen and oxygen atoms in total. The van der Waals surface area contributed by atoms with Crippen LogP contribution in [0.5, 0.6) is 11.5 Å². The van der Waals surface area contributed by atoms with E-state index in [-0.39, 0.29) is 5.91 Å². The molecule has 27 heavy (non-hydrogen) atoms. The maximum absolute atomic E-state index is 12.9. The van der Waals surface area contributed by atoms with Gasteiger partial charge in [-0.2, -0.15) is 0 Å². The molecule has 2 aromatic heterocycles. The van der Waals surface area contributed by atoms with Gasteiger partial charge in [0.15, 0.2) is 0 Å². The lowest BCUT2D eigenvalue weighted by molar-refractivity contribution is 0.103. The van der Waals surface area contributed by atoms with E-state index < -0.39 is 0 Å². The average Bonchev–Trinajstić information content (AvgIpc) is 3.24. The third-order valence-corrected chi connectivity index (χ3v) is 7.17. The van der Waals surface area contributed by atoms with Crippen LogP contribution in [-0.2, 0) is 12.8 Å². The van der Waals surface area contributed by atoms with Crippen LogP contribution in [0.3, 0.4) is 0 Å². The summed E-state index contributed by atoms with van der Waals surface area (Å²) >= 11 is 9.59. The van der Waals surface area contributed by atoms with Gasteiger partial charge in [0, 0.05) is 26.3 Å². The van der Waals surface area contributed by atoms with Crippen LogP contribution in [-0.4, -0.2) is 20.1 Å². The van der Waals surface area contributed by atoms with Crippen molar-refractivity contribution in [2.75, 3.05) is 19.5 Å². The lowest BCUT2D eigenvalue weighted by atomic mass is 9.98. The summed E-state index contributed by atoms with van der Waals surface area (Å²) in [6, 6.07) is 7.54. The normalized spacial score (nSPS) is 12.3. The number of carbonyl (C=O) groups excluding carboxylic acids is 1. The Balaban J connectivity index is 1.64. The number of rotatable bonds is 4. The molecule has 1 N–H and O–H groups in total. The van der Waals surface area contributed by atoms with E-state index in [1.54, 1.807) is 30.6 Å². The molecule has 0 saturated heterocycles. The van der Waals surface area contributed by atoms with E-state index in [0.29, 0.717) is 27.1 Å². The molecule has 0 fully saturated rings. The average molecular weight is 420 g/mol. The number of ether oxygens (including phenoxy) is 2. The molecule has 0 saturated carbocycles. The van der Waals surface area contributed by atoms with Crippen molar-refractivity contribution in [2.45, 2.75) is 19.8 Å². The molecule has 140 valence electrons. The van der Waals surface area contributed by atoms with E-state index in [9.17, 15) is 4.79 Å². The van der Waals surface area contributed by atoms with Gasteiger partial charge in [0.2, 0.25) is 0 Å². The first-order valence-corrected chi connectivity index (χ1v) is 10.5. The van der Waals surface area contributed by atoms with Crippen LogP contribution < -0.4 is 14.8 Å². The number of carbonyl (C=O) groups is 1. The smallest absolute Gasteiger partial charge is 0.265 e. The van der Waals surface area contributed by atoms with E-state index in [0.717, 1.165) is 12.8 Å². The van der Waals surface area contributed by atoms with E-state index in [1.807, 2.05) is 17.4 Å². The summed E-state index contributed by atoms with van der Waals surface area (Å²) in [6.07, 6.45) is 2.02. The minimum Gasteiger partial charge on any atom is -0.495 e. The zero-order valence-electron chi connectivity index (χ0n) is 15.1. The van der Waals surface area contributed by atoms with Gasteiger partial charge in [-0.05, 0) is 43.5 Å². The number of anilines is 1. The molecule has 4 rings (SSSR count). The standard InChI is InChI=1S/C20H18ClNO3S2/c1-10-6-12-17(26-10)5-4-11-7-18(27-19(11)12)20(23)22-14-8-13(21)15(24-2)9-16(14)25-3/h6-9H,4-5H2,1-3H3,(H,22,23). The highest BCUT2D eigenvalue weighted by Crippen LogP contribution is 2.43. The van der Waals surface area contributed by atoms with Gasteiger partial charge in [0.1, 0.15) is 11.5 Å². The quantitative estimate of drug-likeness (QED) is 0.580. The second kappa shape index (κ2) is 7.19. The van der Waals surface area contributed by atoms with Gasteiger partial charge >= 0.3 is 0 Å². The highest BCUT2D eigenvalue weighted by molar-refractivity contribution is 7.18. The molecular formula is C20H18ClNO3S2. The van der Waals surface area contributed by atoms with Crippen LogP contribution in [0, 0.1) is 6.92 Å². The van der Waals surface area contributed by atoms with Crippen molar-refractivity contribution in [2.24, 2.45) is 0 Å². The van der Waals surface area contributed by atoms with Crippen LogP contribution in [0.25, 0.3) is 10.4 Å². The van der Waals surface area contributed by atoms with Crippen molar-refractivity contribution in [1.82, 2.24) is 0 Å². The van der Waals surface area contributed by atoms with Gasteiger partial charge in [-0.1, -0.05) is 11.6 Å². The zero-order chi connectivity index (χ0) is 19.1. The van der Waals surface area contributed by atoms with Crippen molar-refractivity contribution < 1.29 is 14.3 Å². The zero-order valence-corrected chi connectivity index (χ0v) is 17.5. The molecule has 0 radical (unpaired) electrons. The van der Waals surface area contributed by atoms with Gasteiger partial charge in [-0.3, -0.25) is 4.79 Å². The van der Waals surface area contributed by atoms with Gasteiger partial charge in [-0.25, -0.2) is 0 Å². The largest absolute Gasteiger partial charge is 0.495 e. The summed E-state index contributed by atoms with van der Waals surface area (Å²) in [4.78, 5) is 17.5. The molecule has 0 aliphatic heterocycles. The Labute approximate surface area is 170 Å². The van der Waals surface area contributed by atoms with Crippen molar-refractivity contribution >= 4 is 45.9 Å². The van der Waals surface area contributed by atoms with Gasteiger partial charge in [-0.15, -0.1) is 22.7 Å². The Morgan fingerprint density at radius 1 is 1.07 bits per heavy atom. The lowest BCUT2D eigenvalue weighted by Crippen LogP contribution is -2.11. The summed E-state index contributed by atoms with van der Waals surface area (Å²) in [5.41, 5.74) is 3.05. The number of thiophene rings is 2. The second-order valence-electron chi connectivity index (χ2n) is 6.30. The first-order valence-electron chi connectivity index (χ1n) is 8.45. The summed E-state index contributed by atoms with van der Waals surface area (Å²) in [7, 11) is 3.08. The molecule has 0 unspecified atom stereocenters. The fourth-order valence-corrected chi connectivity index (χ4v) is 5.78.